The Balaban J connectivity index is 2.63. The molecule has 2 N–H and O–H groups in total. The Morgan fingerprint density at radius 2 is 2.12 bits per heavy atom. The number of carbonyl (C=O) groups is 3. The molecule has 1 rings (SSSR count). The fourth-order valence-corrected chi connectivity index (χ4v) is 1.90. The lowest BCUT2D eigenvalue weighted by Crippen LogP contribution is -2.53. The second-order valence-electron chi connectivity index (χ2n) is 4.07. The van der Waals surface area contributed by atoms with Crippen LogP contribution in [0.5, 0.6) is 0 Å². The Kier molecular flexibility index (Phi) is 3.93. The highest BCUT2D eigenvalue weighted by Crippen LogP contribution is 2.28. The van der Waals surface area contributed by atoms with E-state index in [9.17, 15) is 14.4 Å². The van der Waals surface area contributed by atoms with Gasteiger partial charge in [-0.05, 0) is 19.8 Å². The van der Waals surface area contributed by atoms with E-state index in [-0.39, 0.29) is 6.54 Å². The quantitative estimate of drug-likeness (QED) is 0.717. The molecule has 0 saturated carbocycles. The molecular formula is C10H16N2O5. The Morgan fingerprint density at radius 1 is 1.47 bits per heavy atom. The van der Waals surface area contributed by atoms with Crippen LogP contribution in [0, 0.1) is 0 Å². The summed E-state index contributed by atoms with van der Waals surface area (Å²) in [6.07, 6.45) is 0.355. The van der Waals surface area contributed by atoms with E-state index in [0.29, 0.717) is 19.4 Å². The minimum absolute atomic E-state index is 0.254. The van der Waals surface area contributed by atoms with Gasteiger partial charge >= 0.3 is 12.1 Å². The zero-order valence-corrected chi connectivity index (χ0v) is 9.86. The lowest BCUT2D eigenvalue weighted by molar-refractivity contribution is -0.154. The van der Waals surface area contributed by atoms with Gasteiger partial charge in [-0.2, -0.15) is 0 Å². The fourth-order valence-electron chi connectivity index (χ4n) is 1.90. The molecule has 1 fully saturated rings. The van der Waals surface area contributed by atoms with Crippen LogP contribution >= 0.6 is 0 Å². The van der Waals surface area contributed by atoms with Crippen molar-refractivity contribution in [3.8, 4) is 0 Å². The van der Waals surface area contributed by atoms with Crippen molar-refractivity contribution in [3.63, 3.8) is 0 Å². The van der Waals surface area contributed by atoms with E-state index < -0.39 is 23.5 Å². The lowest BCUT2D eigenvalue weighted by atomic mass is 9.99. The molecule has 1 aliphatic heterocycles. The molecule has 0 aromatic carbocycles. The predicted octanol–water partition coefficient (Wildman–Crippen LogP) is -0.192. The zero-order chi connectivity index (χ0) is 13.1. The molecule has 17 heavy (non-hydrogen) atoms. The molecule has 0 unspecified atom stereocenters. The summed E-state index contributed by atoms with van der Waals surface area (Å²) in [6.45, 7) is 1.65. The van der Waals surface area contributed by atoms with Crippen LogP contribution in [0.3, 0.4) is 0 Å². The van der Waals surface area contributed by atoms with Crippen molar-refractivity contribution in [2.24, 2.45) is 0 Å². The van der Waals surface area contributed by atoms with E-state index in [1.165, 1.54) is 18.9 Å². The number of carboxylic acids is 1. The molecule has 1 aliphatic rings. The van der Waals surface area contributed by atoms with E-state index in [0.717, 1.165) is 0 Å². The topological polar surface area (TPSA) is 95.9 Å². The molecule has 0 aliphatic carbocycles. The SMILES string of the molecule is COC(=O)NCC(=O)N1CCC[C@@]1(C)C(=O)O. The first kappa shape index (κ1) is 13.3. The van der Waals surface area contributed by atoms with Crippen LogP contribution in [0.1, 0.15) is 19.8 Å². The minimum atomic E-state index is -1.17. The van der Waals surface area contributed by atoms with Gasteiger partial charge in [0.25, 0.3) is 0 Å². The largest absolute Gasteiger partial charge is 0.480 e. The standard InChI is InChI=1S/C10H16N2O5/c1-10(8(14)15)4-3-5-12(10)7(13)6-11-9(16)17-2/h3-6H2,1-2H3,(H,11,16)(H,14,15)/t10-/m0/s1. The van der Waals surface area contributed by atoms with Crippen LogP contribution in [-0.4, -0.2) is 53.7 Å². The normalized spacial score (nSPS) is 23.3. The van der Waals surface area contributed by atoms with Gasteiger partial charge in [-0.1, -0.05) is 0 Å². The Morgan fingerprint density at radius 3 is 2.65 bits per heavy atom. The number of nitrogens with one attached hydrogen (secondary N) is 1. The summed E-state index contributed by atoms with van der Waals surface area (Å²) in [4.78, 5) is 35.0. The number of ether oxygens (including phenoxy) is 1. The third kappa shape index (κ3) is 2.66. The third-order valence-electron chi connectivity index (χ3n) is 2.97. The molecule has 1 atom stereocenters. The Hall–Kier alpha value is -1.79. The average molecular weight is 244 g/mol. The molecule has 0 radical (unpaired) electrons. The van der Waals surface area contributed by atoms with Crippen molar-refractivity contribution < 1.29 is 24.2 Å². The summed E-state index contributed by atoms with van der Waals surface area (Å²) in [5.74, 6) is -1.45. The van der Waals surface area contributed by atoms with Crippen LogP contribution in [0.4, 0.5) is 4.79 Å². The van der Waals surface area contributed by atoms with Crippen LogP contribution in [0.2, 0.25) is 0 Å². The Bertz CT molecular complexity index is 344. The first-order valence-electron chi connectivity index (χ1n) is 5.27. The second kappa shape index (κ2) is 5.03. The van der Waals surface area contributed by atoms with Crippen LogP contribution in [0.25, 0.3) is 0 Å². The number of carbonyl (C=O) groups excluding carboxylic acids is 2. The summed E-state index contributed by atoms with van der Waals surface area (Å²) < 4.78 is 4.33. The number of hydrogen-bond donors (Lipinski definition) is 2. The number of methoxy groups -OCH3 is 1. The van der Waals surface area contributed by atoms with Crippen LogP contribution in [0.15, 0.2) is 0 Å². The van der Waals surface area contributed by atoms with Gasteiger partial charge in [0.2, 0.25) is 5.91 Å². The van der Waals surface area contributed by atoms with E-state index in [4.69, 9.17) is 5.11 Å². The predicted molar refractivity (Wildman–Crippen MR) is 57.4 cm³/mol. The number of nitrogens with zero attached hydrogens (tertiary/aromatic N) is 1. The van der Waals surface area contributed by atoms with E-state index in [2.05, 4.69) is 10.1 Å². The van der Waals surface area contributed by atoms with Crippen molar-refractivity contribution >= 4 is 18.0 Å². The molecule has 0 aromatic rings. The first-order valence-corrected chi connectivity index (χ1v) is 5.27. The molecule has 2 amide bonds. The van der Waals surface area contributed by atoms with Crippen molar-refractivity contribution in [3.05, 3.63) is 0 Å². The highest BCUT2D eigenvalue weighted by atomic mass is 16.5. The molecule has 1 saturated heterocycles. The maximum absolute atomic E-state index is 11.8. The second-order valence-corrected chi connectivity index (χ2v) is 4.07. The molecule has 96 valence electrons. The van der Waals surface area contributed by atoms with Gasteiger partial charge in [-0.25, -0.2) is 9.59 Å². The fraction of sp³-hybridized carbons (Fsp3) is 0.700. The zero-order valence-electron chi connectivity index (χ0n) is 9.86. The minimum Gasteiger partial charge on any atom is -0.480 e. The monoisotopic (exact) mass is 244 g/mol. The van der Waals surface area contributed by atoms with Gasteiger partial charge in [0, 0.05) is 6.54 Å². The molecular weight excluding hydrogens is 228 g/mol. The van der Waals surface area contributed by atoms with Crippen molar-refractivity contribution in [2.45, 2.75) is 25.3 Å². The van der Waals surface area contributed by atoms with Gasteiger partial charge in [0.05, 0.1) is 7.11 Å². The molecule has 0 spiro atoms. The first-order chi connectivity index (χ1) is 7.91. The molecule has 0 aromatic heterocycles. The summed E-state index contributed by atoms with van der Waals surface area (Å²) in [5.41, 5.74) is -1.17. The molecule has 1 heterocycles. The van der Waals surface area contributed by atoms with E-state index in [1.807, 2.05) is 0 Å². The maximum atomic E-state index is 11.8. The smallest absolute Gasteiger partial charge is 0.407 e. The lowest BCUT2D eigenvalue weighted by Gasteiger charge is -2.31. The van der Waals surface area contributed by atoms with Crippen molar-refractivity contribution in [1.29, 1.82) is 0 Å². The van der Waals surface area contributed by atoms with Gasteiger partial charge in [0.15, 0.2) is 0 Å². The summed E-state index contributed by atoms with van der Waals surface area (Å²) >= 11 is 0. The highest BCUT2D eigenvalue weighted by Gasteiger charge is 2.45. The van der Waals surface area contributed by atoms with Crippen LogP contribution < -0.4 is 5.32 Å². The van der Waals surface area contributed by atoms with Gasteiger partial charge in [0.1, 0.15) is 12.1 Å². The number of alkyl carbamates (subject to hydrolysis) is 1. The molecule has 7 nitrogen and oxygen atoms in total. The number of carboxylic acid groups (broad SMARTS) is 1. The van der Waals surface area contributed by atoms with Gasteiger partial charge in [-0.15, -0.1) is 0 Å². The number of aliphatic carboxylic acids is 1. The maximum Gasteiger partial charge on any atom is 0.407 e. The average Bonchev–Trinajstić information content (AvgIpc) is 2.69. The molecule has 7 heteroatoms. The van der Waals surface area contributed by atoms with Crippen molar-refractivity contribution in [1.82, 2.24) is 10.2 Å². The van der Waals surface area contributed by atoms with E-state index in [1.54, 1.807) is 0 Å². The van der Waals surface area contributed by atoms with Crippen molar-refractivity contribution in [2.75, 3.05) is 20.2 Å². The van der Waals surface area contributed by atoms with E-state index >= 15 is 0 Å². The third-order valence-corrected chi connectivity index (χ3v) is 2.97. The number of amides is 2. The summed E-state index contributed by atoms with van der Waals surface area (Å²) in [7, 11) is 1.19. The highest BCUT2D eigenvalue weighted by molar-refractivity contribution is 5.89. The number of hydrogen-bond acceptors (Lipinski definition) is 4. The van der Waals surface area contributed by atoms with Gasteiger partial charge in [-0.3, -0.25) is 4.79 Å². The number of rotatable bonds is 3. The van der Waals surface area contributed by atoms with Crippen LogP contribution in [-0.2, 0) is 14.3 Å². The molecule has 0 bridgehead atoms. The van der Waals surface area contributed by atoms with Gasteiger partial charge < -0.3 is 20.1 Å². The summed E-state index contributed by atoms with van der Waals surface area (Å²) in [5, 5.41) is 11.3. The Labute approximate surface area is 98.7 Å². The number of likely N-dealkylation sites (tertiary alicyclic amines) is 1. The summed E-state index contributed by atoms with van der Waals surface area (Å²) in [6, 6.07) is 0.